The molecule has 0 saturated carbocycles. The highest BCUT2D eigenvalue weighted by molar-refractivity contribution is 7.91. The van der Waals surface area contributed by atoms with E-state index in [2.05, 4.69) is 5.32 Å². The van der Waals surface area contributed by atoms with Crippen LogP contribution in [0, 0.1) is 6.92 Å². The van der Waals surface area contributed by atoms with Crippen molar-refractivity contribution in [3.63, 3.8) is 0 Å². The normalized spacial score (nSPS) is 22.6. The molecule has 1 saturated heterocycles. The summed E-state index contributed by atoms with van der Waals surface area (Å²) < 4.78 is 23.0. The van der Waals surface area contributed by atoms with Crippen LogP contribution in [0.4, 0.5) is 0 Å². The van der Waals surface area contributed by atoms with E-state index in [0.29, 0.717) is 12.1 Å². The summed E-state index contributed by atoms with van der Waals surface area (Å²) in [7, 11) is -2.98. The van der Waals surface area contributed by atoms with Gasteiger partial charge in [0.2, 0.25) is 0 Å². The molecule has 1 N–H and O–H groups in total. The van der Waals surface area contributed by atoms with Crippen LogP contribution in [0.5, 0.6) is 0 Å². The van der Waals surface area contributed by atoms with E-state index in [1.807, 2.05) is 25.1 Å². The molecule has 0 bridgehead atoms. The largest absolute Gasteiger partial charge is 0.312 e. The van der Waals surface area contributed by atoms with E-state index in [-0.39, 0.29) is 29.8 Å². The van der Waals surface area contributed by atoms with Gasteiger partial charge in [0.25, 0.3) is 0 Å². The molecular weight excluding hydrogens is 250 g/mol. The van der Waals surface area contributed by atoms with Crippen molar-refractivity contribution in [3.8, 4) is 0 Å². The third kappa shape index (κ3) is 3.40. The number of sulfone groups is 1. The van der Waals surface area contributed by atoms with Gasteiger partial charge >= 0.3 is 0 Å². The molecule has 1 heterocycles. The summed E-state index contributed by atoms with van der Waals surface area (Å²) in [5.74, 6) is 0.223. The highest BCUT2D eigenvalue weighted by Crippen LogP contribution is 2.11. The SMILES string of the molecule is Cc1cccc(C(=O)CC2CS(=O)(=O)CCN2)c1. The van der Waals surface area contributed by atoms with E-state index in [1.54, 1.807) is 6.07 Å². The van der Waals surface area contributed by atoms with E-state index in [4.69, 9.17) is 0 Å². The molecule has 5 heteroatoms. The van der Waals surface area contributed by atoms with Crippen LogP contribution in [0.25, 0.3) is 0 Å². The van der Waals surface area contributed by atoms with Crippen molar-refractivity contribution in [1.29, 1.82) is 0 Å². The Bertz CT molecular complexity index is 551. The van der Waals surface area contributed by atoms with Gasteiger partial charge in [-0.2, -0.15) is 0 Å². The van der Waals surface area contributed by atoms with Gasteiger partial charge < -0.3 is 5.32 Å². The average Bonchev–Trinajstić information content (AvgIpc) is 2.27. The molecule has 98 valence electrons. The van der Waals surface area contributed by atoms with E-state index in [1.165, 1.54) is 0 Å². The molecule has 2 rings (SSSR count). The molecule has 1 unspecified atom stereocenters. The number of carbonyl (C=O) groups is 1. The van der Waals surface area contributed by atoms with Crippen molar-refractivity contribution < 1.29 is 13.2 Å². The van der Waals surface area contributed by atoms with Crippen molar-refractivity contribution in [3.05, 3.63) is 35.4 Å². The molecule has 4 nitrogen and oxygen atoms in total. The molecular formula is C13H17NO3S. The second-order valence-corrected chi connectivity index (χ2v) is 6.99. The van der Waals surface area contributed by atoms with Gasteiger partial charge in [-0.25, -0.2) is 8.42 Å². The Hall–Kier alpha value is -1.20. The Morgan fingerprint density at radius 2 is 2.22 bits per heavy atom. The quantitative estimate of drug-likeness (QED) is 0.828. The van der Waals surface area contributed by atoms with E-state index in [9.17, 15) is 13.2 Å². The third-order valence-electron chi connectivity index (χ3n) is 3.07. The predicted octanol–water partition coefficient (Wildman–Crippen LogP) is 0.954. The van der Waals surface area contributed by atoms with Crippen molar-refractivity contribution in [1.82, 2.24) is 5.32 Å². The smallest absolute Gasteiger partial charge is 0.164 e. The molecule has 18 heavy (non-hydrogen) atoms. The second kappa shape index (κ2) is 5.20. The van der Waals surface area contributed by atoms with Gasteiger partial charge in [-0.05, 0) is 13.0 Å². The van der Waals surface area contributed by atoms with Gasteiger partial charge in [0, 0.05) is 24.6 Å². The fourth-order valence-corrected chi connectivity index (χ4v) is 3.60. The van der Waals surface area contributed by atoms with Gasteiger partial charge in [-0.1, -0.05) is 23.8 Å². The van der Waals surface area contributed by atoms with E-state index < -0.39 is 9.84 Å². The minimum atomic E-state index is -2.98. The van der Waals surface area contributed by atoms with Crippen molar-refractivity contribution >= 4 is 15.6 Å². The lowest BCUT2D eigenvalue weighted by Crippen LogP contribution is -2.45. The second-order valence-electron chi connectivity index (χ2n) is 4.76. The zero-order valence-electron chi connectivity index (χ0n) is 10.3. The van der Waals surface area contributed by atoms with Gasteiger partial charge in [-0.15, -0.1) is 0 Å². The first kappa shape index (κ1) is 13.2. The minimum absolute atomic E-state index is 0.00620. The number of nitrogens with one attached hydrogen (secondary N) is 1. The number of carbonyl (C=O) groups excluding carboxylic acids is 1. The predicted molar refractivity (Wildman–Crippen MR) is 70.6 cm³/mol. The zero-order valence-corrected chi connectivity index (χ0v) is 11.2. The molecule has 1 atom stereocenters. The van der Waals surface area contributed by atoms with Gasteiger partial charge in [0.1, 0.15) is 0 Å². The maximum absolute atomic E-state index is 12.0. The zero-order chi connectivity index (χ0) is 13.2. The van der Waals surface area contributed by atoms with Crippen LogP contribution in [-0.4, -0.2) is 38.3 Å². The van der Waals surface area contributed by atoms with Gasteiger partial charge in [-0.3, -0.25) is 4.79 Å². The monoisotopic (exact) mass is 267 g/mol. The molecule has 1 aliphatic rings. The number of benzene rings is 1. The van der Waals surface area contributed by atoms with Crippen LogP contribution < -0.4 is 5.32 Å². The van der Waals surface area contributed by atoms with Crippen LogP contribution in [0.15, 0.2) is 24.3 Å². The summed E-state index contributed by atoms with van der Waals surface area (Å²) in [6.07, 6.45) is 0.239. The lowest BCUT2D eigenvalue weighted by molar-refractivity contribution is 0.0971. The average molecular weight is 267 g/mol. The number of ketones is 1. The van der Waals surface area contributed by atoms with Crippen LogP contribution in [0.3, 0.4) is 0 Å². The summed E-state index contributed by atoms with van der Waals surface area (Å²) in [4.78, 5) is 12.0. The summed E-state index contributed by atoms with van der Waals surface area (Å²) in [6.45, 7) is 2.37. The first-order valence-electron chi connectivity index (χ1n) is 6.00. The number of Topliss-reactive ketones (excluding diaryl/α,β-unsaturated/α-hetero) is 1. The van der Waals surface area contributed by atoms with Crippen molar-refractivity contribution in [2.75, 3.05) is 18.1 Å². The number of aryl methyl sites for hydroxylation is 1. The maximum atomic E-state index is 12.0. The first-order chi connectivity index (χ1) is 8.46. The van der Waals surface area contributed by atoms with Crippen LogP contribution in [0.1, 0.15) is 22.3 Å². The molecule has 0 amide bonds. The Labute approximate surface area is 107 Å². The fourth-order valence-electron chi connectivity index (χ4n) is 2.16. The highest BCUT2D eigenvalue weighted by atomic mass is 32.2. The molecule has 0 aliphatic carbocycles. The van der Waals surface area contributed by atoms with E-state index >= 15 is 0 Å². The lowest BCUT2D eigenvalue weighted by Gasteiger charge is -2.23. The Balaban J connectivity index is 2.03. The Kier molecular flexibility index (Phi) is 3.82. The first-order valence-corrected chi connectivity index (χ1v) is 7.82. The highest BCUT2D eigenvalue weighted by Gasteiger charge is 2.26. The molecule has 1 aromatic rings. The summed E-state index contributed by atoms with van der Waals surface area (Å²) in [6, 6.07) is 7.12. The molecule has 0 spiro atoms. The van der Waals surface area contributed by atoms with Crippen molar-refractivity contribution in [2.24, 2.45) is 0 Å². The molecule has 0 aromatic heterocycles. The lowest BCUT2D eigenvalue weighted by atomic mass is 10.0. The molecule has 1 fully saturated rings. The summed E-state index contributed by atoms with van der Waals surface area (Å²) >= 11 is 0. The molecule has 1 aliphatic heterocycles. The fraction of sp³-hybridized carbons (Fsp3) is 0.462. The number of hydrogen-bond donors (Lipinski definition) is 1. The summed E-state index contributed by atoms with van der Waals surface area (Å²) in [5.41, 5.74) is 1.69. The van der Waals surface area contributed by atoms with E-state index in [0.717, 1.165) is 5.56 Å². The van der Waals surface area contributed by atoms with Gasteiger partial charge in [0.15, 0.2) is 15.6 Å². The third-order valence-corrected chi connectivity index (χ3v) is 4.81. The summed E-state index contributed by atoms with van der Waals surface area (Å²) in [5, 5.41) is 3.09. The van der Waals surface area contributed by atoms with Crippen LogP contribution in [-0.2, 0) is 9.84 Å². The van der Waals surface area contributed by atoms with Crippen molar-refractivity contribution in [2.45, 2.75) is 19.4 Å². The van der Waals surface area contributed by atoms with Crippen LogP contribution >= 0.6 is 0 Å². The Morgan fingerprint density at radius 3 is 2.89 bits per heavy atom. The Morgan fingerprint density at radius 1 is 1.44 bits per heavy atom. The standard InChI is InChI=1S/C13H17NO3S/c1-10-3-2-4-11(7-10)13(15)8-12-9-18(16,17)6-5-14-12/h2-4,7,12,14H,5-6,8-9H2,1H3. The number of rotatable bonds is 3. The number of hydrogen-bond acceptors (Lipinski definition) is 4. The maximum Gasteiger partial charge on any atom is 0.164 e. The van der Waals surface area contributed by atoms with Crippen LogP contribution in [0.2, 0.25) is 0 Å². The molecule has 1 aromatic carbocycles. The topological polar surface area (TPSA) is 63.2 Å². The minimum Gasteiger partial charge on any atom is -0.312 e. The molecule has 0 radical (unpaired) electrons. The van der Waals surface area contributed by atoms with Gasteiger partial charge in [0.05, 0.1) is 11.5 Å².